The van der Waals surface area contributed by atoms with Gasteiger partial charge in [0.1, 0.15) is 0 Å². The SMILES string of the molecule is CCC(C)(CCCC(C)C)C(C)OC(C)C(C)(CC)CCCC(C)C. The molecule has 0 radical (unpaired) electrons. The highest BCUT2D eigenvalue weighted by Crippen LogP contribution is 2.40. The van der Waals surface area contributed by atoms with Gasteiger partial charge in [0.05, 0.1) is 12.2 Å². The first-order chi connectivity index (χ1) is 11.5. The Morgan fingerprint density at radius 2 is 0.960 bits per heavy atom. The molecule has 25 heavy (non-hydrogen) atoms. The summed E-state index contributed by atoms with van der Waals surface area (Å²) in [5.74, 6) is 1.61. The summed E-state index contributed by atoms with van der Waals surface area (Å²) in [6.07, 6.45) is 10.9. The van der Waals surface area contributed by atoms with Gasteiger partial charge in [0.2, 0.25) is 0 Å². The van der Waals surface area contributed by atoms with E-state index in [0.717, 1.165) is 11.8 Å². The summed E-state index contributed by atoms with van der Waals surface area (Å²) in [5, 5.41) is 0. The van der Waals surface area contributed by atoms with E-state index in [9.17, 15) is 0 Å². The van der Waals surface area contributed by atoms with Gasteiger partial charge in [-0.2, -0.15) is 0 Å². The molecule has 0 amide bonds. The van der Waals surface area contributed by atoms with E-state index in [4.69, 9.17) is 4.74 Å². The summed E-state index contributed by atoms with van der Waals surface area (Å²) in [5.41, 5.74) is 0.603. The van der Waals surface area contributed by atoms with E-state index in [1.165, 1.54) is 51.4 Å². The Kier molecular flexibility index (Phi) is 11.6. The van der Waals surface area contributed by atoms with Crippen molar-refractivity contribution < 1.29 is 4.74 Å². The molecule has 0 bridgehead atoms. The average molecular weight is 355 g/mol. The Hall–Kier alpha value is -0.0400. The maximum atomic E-state index is 6.68. The van der Waals surface area contributed by atoms with E-state index in [1.54, 1.807) is 0 Å². The molecule has 0 aliphatic heterocycles. The van der Waals surface area contributed by atoms with Crippen molar-refractivity contribution in [1.82, 2.24) is 0 Å². The Morgan fingerprint density at radius 1 is 0.640 bits per heavy atom. The number of rotatable bonds is 14. The molecule has 0 spiro atoms. The molecule has 152 valence electrons. The van der Waals surface area contributed by atoms with Crippen molar-refractivity contribution in [1.29, 1.82) is 0 Å². The number of hydrogen-bond donors (Lipinski definition) is 0. The molecule has 4 atom stereocenters. The van der Waals surface area contributed by atoms with Crippen molar-refractivity contribution in [3.8, 4) is 0 Å². The van der Waals surface area contributed by atoms with Crippen LogP contribution in [0, 0.1) is 22.7 Å². The minimum atomic E-state index is 0.301. The van der Waals surface area contributed by atoms with E-state index < -0.39 is 0 Å². The third kappa shape index (κ3) is 8.94. The lowest BCUT2D eigenvalue weighted by atomic mass is 9.75. The molecule has 4 unspecified atom stereocenters. The fourth-order valence-electron chi connectivity index (χ4n) is 3.80. The molecule has 0 saturated carbocycles. The van der Waals surface area contributed by atoms with Crippen molar-refractivity contribution in [2.45, 2.75) is 133 Å². The van der Waals surface area contributed by atoms with Crippen LogP contribution in [0.1, 0.15) is 121 Å². The second-order valence-electron chi connectivity index (χ2n) is 10.0. The van der Waals surface area contributed by atoms with Crippen molar-refractivity contribution in [3.05, 3.63) is 0 Å². The lowest BCUT2D eigenvalue weighted by Crippen LogP contribution is -2.40. The van der Waals surface area contributed by atoms with Crippen molar-refractivity contribution >= 4 is 0 Å². The smallest absolute Gasteiger partial charge is 0.0604 e. The zero-order valence-electron chi connectivity index (χ0n) is 19.4. The molecule has 0 aromatic rings. The van der Waals surface area contributed by atoms with Gasteiger partial charge in [-0.25, -0.2) is 0 Å². The van der Waals surface area contributed by atoms with Crippen LogP contribution in [0.5, 0.6) is 0 Å². The maximum absolute atomic E-state index is 6.68. The molecule has 0 N–H and O–H groups in total. The Balaban J connectivity index is 4.75. The Morgan fingerprint density at radius 3 is 1.20 bits per heavy atom. The standard InChI is InChI=1S/C24H50O/c1-11-23(9,17-13-15-19(3)4)21(7)25-22(8)24(10,12-2)18-14-16-20(5)6/h19-22H,11-18H2,1-10H3. The topological polar surface area (TPSA) is 9.23 Å². The van der Waals surface area contributed by atoms with Crippen LogP contribution in [0.2, 0.25) is 0 Å². The van der Waals surface area contributed by atoms with Gasteiger partial charge in [0, 0.05) is 0 Å². The highest BCUT2D eigenvalue weighted by molar-refractivity contribution is 4.85. The summed E-state index contributed by atoms with van der Waals surface area (Å²) >= 11 is 0. The predicted molar refractivity (Wildman–Crippen MR) is 114 cm³/mol. The molecular weight excluding hydrogens is 304 g/mol. The van der Waals surface area contributed by atoms with Crippen LogP contribution in [0.4, 0.5) is 0 Å². The van der Waals surface area contributed by atoms with E-state index in [0.29, 0.717) is 23.0 Å². The third-order valence-electron chi connectivity index (χ3n) is 7.05. The predicted octanol–water partition coefficient (Wildman–Crippen LogP) is 8.27. The quantitative estimate of drug-likeness (QED) is 0.305. The largest absolute Gasteiger partial charge is 0.374 e. The molecule has 1 nitrogen and oxygen atoms in total. The molecule has 0 aromatic heterocycles. The molecule has 0 fully saturated rings. The fourth-order valence-corrected chi connectivity index (χ4v) is 3.80. The molecule has 0 rings (SSSR count). The van der Waals surface area contributed by atoms with E-state index in [1.807, 2.05) is 0 Å². The van der Waals surface area contributed by atoms with Gasteiger partial charge in [-0.1, -0.05) is 81.1 Å². The second-order valence-corrected chi connectivity index (χ2v) is 10.0. The van der Waals surface area contributed by atoms with Crippen molar-refractivity contribution in [2.24, 2.45) is 22.7 Å². The first-order valence-corrected chi connectivity index (χ1v) is 11.2. The molecular formula is C24H50O. The van der Waals surface area contributed by atoms with Gasteiger partial charge in [0.15, 0.2) is 0 Å². The van der Waals surface area contributed by atoms with Gasteiger partial charge in [-0.05, 0) is 62.2 Å². The van der Waals surface area contributed by atoms with Crippen LogP contribution in [0.15, 0.2) is 0 Å². The van der Waals surface area contributed by atoms with Crippen molar-refractivity contribution in [3.63, 3.8) is 0 Å². The molecule has 0 saturated heterocycles. The number of ether oxygens (including phenoxy) is 1. The van der Waals surface area contributed by atoms with Crippen LogP contribution in [-0.2, 0) is 4.74 Å². The second kappa shape index (κ2) is 11.6. The first-order valence-electron chi connectivity index (χ1n) is 11.2. The monoisotopic (exact) mass is 354 g/mol. The first kappa shape index (κ1) is 25.0. The highest BCUT2D eigenvalue weighted by atomic mass is 16.5. The summed E-state index contributed by atoms with van der Waals surface area (Å²) in [7, 11) is 0. The Bertz CT molecular complexity index is 303. The minimum Gasteiger partial charge on any atom is -0.374 e. The van der Waals surface area contributed by atoms with Gasteiger partial charge >= 0.3 is 0 Å². The molecule has 1 heteroatoms. The minimum absolute atomic E-state index is 0.301. The molecule has 0 aliphatic rings. The summed E-state index contributed by atoms with van der Waals surface area (Å²) < 4.78 is 6.68. The van der Waals surface area contributed by atoms with Crippen LogP contribution in [0.3, 0.4) is 0 Å². The molecule has 0 aromatic carbocycles. The van der Waals surface area contributed by atoms with E-state index in [2.05, 4.69) is 69.2 Å². The molecule has 0 heterocycles. The van der Waals surface area contributed by atoms with E-state index in [-0.39, 0.29) is 0 Å². The van der Waals surface area contributed by atoms with Crippen LogP contribution < -0.4 is 0 Å². The fraction of sp³-hybridized carbons (Fsp3) is 1.00. The van der Waals surface area contributed by atoms with Gasteiger partial charge in [-0.15, -0.1) is 0 Å². The van der Waals surface area contributed by atoms with Gasteiger partial charge < -0.3 is 4.74 Å². The summed E-state index contributed by atoms with van der Waals surface area (Å²) in [4.78, 5) is 0. The van der Waals surface area contributed by atoms with Crippen LogP contribution in [-0.4, -0.2) is 12.2 Å². The van der Waals surface area contributed by atoms with Gasteiger partial charge in [0.25, 0.3) is 0 Å². The lowest BCUT2D eigenvalue weighted by Gasteiger charge is -2.42. The Labute approximate surface area is 160 Å². The third-order valence-corrected chi connectivity index (χ3v) is 7.05. The summed E-state index contributed by atoms with van der Waals surface area (Å²) in [6.45, 7) is 23.5. The highest BCUT2D eigenvalue weighted by Gasteiger charge is 2.36. The number of hydrogen-bond acceptors (Lipinski definition) is 1. The van der Waals surface area contributed by atoms with Crippen molar-refractivity contribution in [2.75, 3.05) is 0 Å². The van der Waals surface area contributed by atoms with Crippen LogP contribution in [0.25, 0.3) is 0 Å². The molecule has 0 aliphatic carbocycles. The van der Waals surface area contributed by atoms with Crippen LogP contribution >= 0.6 is 0 Å². The van der Waals surface area contributed by atoms with E-state index >= 15 is 0 Å². The average Bonchev–Trinajstić information content (AvgIpc) is 2.53. The summed E-state index contributed by atoms with van der Waals surface area (Å²) in [6, 6.07) is 0. The zero-order valence-corrected chi connectivity index (χ0v) is 19.4. The van der Waals surface area contributed by atoms with Gasteiger partial charge in [-0.3, -0.25) is 0 Å². The maximum Gasteiger partial charge on any atom is 0.0604 e. The zero-order chi connectivity index (χ0) is 19.7. The lowest BCUT2D eigenvalue weighted by molar-refractivity contribution is -0.114. The normalized spacial score (nSPS) is 19.7.